The molecule has 1 aliphatic carbocycles. The maximum atomic E-state index is 12.7. The number of halogens is 1. The minimum absolute atomic E-state index is 0.119. The molecule has 174 valence electrons. The van der Waals surface area contributed by atoms with Crippen LogP contribution in [0, 0.1) is 0 Å². The highest BCUT2D eigenvalue weighted by molar-refractivity contribution is 7.70. The molecule has 0 atom stereocenters. The Labute approximate surface area is 201 Å². The van der Waals surface area contributed by atoms with E-state index in [1.807, 2.05) is 24.3 Å². The van der Waals surface area contributed by atoms with Gasteiger partial charge in [0.1, 0.15) is 12.2 Å². The second-order valence-corrected chi connectivity index (χ2v) is 14.1. The van der Waals surface area contributed by atoms with Crippen LogP contribution in [0.3, 0.4) is 0 Å². The van der Waals surface area contributed by atoms with Crippen molar-refractivity contribution in [3.8, 4) is 0 Å². The van der Waals surface area contributed by atoms with Gasteiger partial charge in [0.25, 0.3) is 0 Å². The number of hydrogen-bond donors (Lipinski definition) is 2. The van der Waals surface area contributed by atoms with Crippen LogP contribution in [0.4, 0.5) is 23.1 Å². The number of nitrogens with one attached hydrogen (secondary N) is 2. The van der Waals surface area contributed by atoms with E-state index in [0.717, 1.165) is 23.1 Å². The van der Waals surface area contributed by atoms with Crippen LogP contribution in [0.2, 0.25) is 5.02 Å². The molecular weight excluding hydrogens is 451 g/mol. The second-order valence-electron chi connectivity index (χ2n) is 10.5. The summed E-state index contributed by atoms with van der Waals surface area (Å²) in [6.07, 6.45) is 3.91. The van der Waals surface area contributed by atoms with Gasteiger partial charge >= 0.3 is 0 Å². The van der Waals surface area contributed by atoms with E-state index in [1.54, 1.807) is 19.5 Å². The van der Waals surface area contributed by atoms with Gasteiger partial charge in [-0.3, -0.25) is 0 Å². The van der Waals surface area contributed by atoms with E-state index in [-0.39, 0.29) is 10.8 Å². The Hall–Kier alpha value is -2.36. The summed E-state index contributed by atoms with van der Waals surface area (Å²) in [5, 5.41) is 7.75. The van der Waals surface area contributed by atoms with Crippen molar-refractivity contribution in [3.05, 3.63) is 64.8 Å². The standard InChI is InChI=1S/C26H32ClN4OP/c1-25(2)13-14-26(3,4)19-15-17(11-12-18(19)25)29-24-28-16-20(27)23(31-24)30-21-9-7-8-10-22(21)33(5,6)32/h7-12,15-16H,13-14H2,1-6H3,(H2,28,29,30,31). The molecule has 0 spiro atoms. The molecule has 0 saturated carbocycles. The Balaban J connectivity index is 1.65. The van der Waals surface area contributed by atoms with Crippen LogP contribution < -0.4 is 15.9 Å². The predicted molar refractivity (Wildman–Crippen MR) is 141 cm³/mol. The SMILES string of the molecule is CC1(C)CCC(C)(C)c2cc(Nc3ncc(Cl)c(Nc4ccccc4P(C)(C)=O)n3)ccc21. The molecule has 2 N–H and O–H groups in total. The minimum Gasteiger partial charge on any atom is -0.338 e. The van der Waals surface area contributed by atoms with Gasteiger partial charge in [-0.15, -0.1) is 0 Å². The molecule has 0 saturated heterocycles. The molecular formula is C26H32ClN4OP. The fourth-order valence-electron chi connectivity index (χ4n) is 4.49. The largest absolute Gasteiger partial charge is 0.338 e. The van der Waals surface area contributed by atoms with Gasteiger partial charge in [0.05, 0.1) is 11.9 Å². The highest BCUT2D eigenvalue weighted by Crippen LogP contribution is 2.46. The van der Waals surface area contributed by atoms with Crippen molar-refractivity contribution in [3.63, 3.8) is 0 Å². The monoisotopic (exact) mass is 482 g/mol. The molecule has 0 fully saturated rings. The molecule has 0 bridgehead atoms. The highest BCUT2D eigenvalue weighted by Gasteiger charge is 2.37. The maximum absolute atomic E-state index is 12.7. The van der Waals surface area contributed by atoms with E-state index in [4.69, 9.17) is 11.6 Å². The lowest BCUT2D eigenvalue weighted by atomic mass is 9.63. The molecule has 3 aromatic rings. The van der Waals surface area contributed by atoms with Crippen molar-refractivity contribution >= 4 is 47.2 Å². The lowest BCUT2D eigenvalue weighted by Crippen LogP contribution is -2.33. The first kappa shape index (κ1) is 23.8. The molecule has 1 aliphatic rings. The molecule has 33 heavy (non-hydrogen) atoms. The summed E-state index contributed by atoms with van der Waals surface area (Å²) in [5.41, 5.74) is 4.74. The number of hydrogen-bond acceptors (Lipinski definition) is 5. The second kappa shape index (κ2) is 8.45. The van der Waals surface area contributed by atoms with Crippen molar-refractivity contribution in [2.75, 3.05) is 24.0 Å². The van der Waals surface area contributed by atoms with Crippen LogP contribution in [0.15, 0.2) is 48.7 Å². The fraction of sp³-hybridized carbons (Fsp3) is 0.385. The number of fused-ring (bicyclic) bond motifs is 1. The molecule has 5 nitrogen and oxygen atoms in total. The number of aromatic nitrogens is 2. The smallest absolute Gasteiger partial charge is 0.229 e. The van der Waals surface area contributed by atoms with E-state index in [0.29, 0.717) is 16.8 Å². The summed E-state index contributed by atoms with van der Waals surface area (Å²) < 4.78 is 12.7. The summed E-state index contributed by atoms with van der Waals surface area (Å²) >= 11 is 6.40. The molecule has 1 heterocycles. The third-order valence-corrected chi connectivity index (χ3v) is 8.42. The summed E-state index contributed by atoms with van der Waals surface area (Å²) in [6, 6.07) is 14.1. The fourth-order valence-corrected chi connectivity index (χ4v) is 5.78. The lowest BCUT2D eigenvalue weighted by Gasteiger charge is -2.42. The van der Waals surface area contributed by atoms with Crippen LogP contribution >= 0.6 is 18.7 Å². The maximum Gasteiger partial charge on any atom is 0.229 e. The van der Waals surface area contributed by atoms with E-state index >= 15 is 0 Å². The zero-order chi connectivity index (χ0) is 24.0. The third-order valence-electron chi connectivity index (χ3n) is 6.59. The van der Waals surface area contributed by atoms with Gasteiger partial charge in [-0.25, -0.2) is 4.98 Å². The van der Waals surface area contributed by atoms with Gasteiger partial charge in [-0.05, 0) is 72.4 Å². The Morgan fingerprint density at radius 1 is 0.939 bits per heavy atom. The molecule has 7 heteroatoms. The van der Waals surface area contributed by atoms with Gasteiger partial charge in [0.2, 0.25) is 5.95 Å². The topological polar surface area (TPSA) is 66.9 Å². The number of nitrogens with zero attached hydrogens (tertiary/aromatic N) is 2. The molecule has 4 rings (SSSR count). The summed E-state index contributed by atoms with van der Waals surface area (Å²) in [5.74, 6) is 0.915. The number of anilines is 4. The van der Waals surface area contributed by atoms with Gasteiger partial charge < -0.3 is 15.2 Å². The normalized spacial score (nSPS) is 16.7. The minimum atomic E-state index is -2.47. The number of rotatable bonds is 5. The highest BCUT2D eigenvalue weighted by atomic mass is 35.5. The first-order valence-electron chi connectivity index (χ1n) is 11.2. The summed E-state index contributed by atoms with van der Waals surface area (Å²) in [6.45, 7) is 12.8. The quantitative estimate of drug-likeness (QED) is 0.376. The predicted octanol–water partition coefficient (Wildman–Crippen LogP) is 7.21. The lowest BCUT2D eigenvalue weighted by molar-refractivity contribution is 0.332. The van der Waals surface area contributed by atoms with Crippen molar-refractivity contribution in [1.82, 2.24) is 9.97 Å². The Kier molecular flexibility index (Phi) is 6.09. The molecule has 0 aliphatic heterocycles. The summed E-state index contributed by atoms with van der Waals surface area (Å²) in [4.78, 5) is 8.98. The van der Waals surface area contributed by atoms with E-state index in [1.165, 1.54) is 17.5 Å². The van der Waals surface area contributed by atoms with Crippen molar-refractivity contribution in [1.29, 1.82) is 0 Å². The molecule has 2 aromatic carbocycles. The zero-order valence-corrected chi connectivity index (χ0v) is 21.8. The van der Waals surface area contributed by atoms with Crippen LogP contribution in [-0.4, -0.2) is 23.3 Å². The van der Waals surface area contributed by atoms with Gasteiger partial charge in [0.15, 0.2) is 5.82 Å². The number of para-hydroxylation sites is 1. The van der Waals surface area contributed by atoms with Crippen molar-refractivity contribution < 1.29 is 4.57 Å². The van der Waals surface area contributed by atoms with Crippen LogP contribution in [-0.2, 0) is 15.4 Å². The van der Waals surface area contributed by atoms with E-state index in [2.05, 4.69) is 66.5 Å². The van der Waals surface area contributed by atoms with Crippen molar-refractivity contribution in [2.45, 2.75) is 51.4 Å². The Bertz CT molecular complexity index is 1250. The average Bonchev–Trinajstić information content (AvgIpc) is 2.74. The molecule has 0 unspecified atom stereocenters. The van der Waals surface area contributed by atoms with Gasteiger partial charge in [-0.2, -0.15) is 4.98 Å². The van der Waals surface area contributed by atoms with Gasteiger partial charge in [0, 0.05) is 11.0 Å². The Morgan fingerprint density at radius 3 is 2.30 bits per heavy atom. The number of benzene rings is 2. The van der Waals surface area contributed by atoms with E-state index in [9.17, 15) is 4.57 Å². The summed E-state index contributed by atoms with van der Waals surface area (Å²) in [7, 11) is -2.47. The first-order valence-corrected chi connectivity index (χ1v) is 14.2. The average molecular weight is 483 g/mol. The van der Waals surface area contributed by atoms with Crippen molar-refractivity contribution in [2.24, 2.45) is 0 Å². The first-order chi connectivity index (χ1) is 15.4. The third kappa shape index (κ3) is 4.95. The zero-order valence-electron chi connectivity index (χ0n) is 20.2. The Morgan fingerprint density at radius 2 is 1.61 bits per heavy atom. The van der Waals surface area contributed by atoms with Crippen LogP contribution in [0.1, 0.15) is 51.7 Å². The van der Waals surface area contributed by atoms with Crippen LogP contribution in [0.25, 0.3) is 0 Å². The molecule has 0 amide bonds. The molecule has 1 aromatic heterocycles. The molecule has 0 radical (unpaired) electrons. The van der Waals surface area contributed by atoms with E-state index < -0.39 is 7.14 Å². The van der Waals surface area contributed by atoms with Gasteiger partial charge in [-0.1, -0.05) is 57.5 Å². The van der Waals surface area contributed by atoms with Crippen LogP contribution in [0.5, 0.6) is 0 Å².